The van der Waals surface area contributed by atoms with E-state index in [4.69, 9.17) is 0 Å². The first kappa shape index (κ1) is 30.6. The molecule has 2 amide bonds. The summed E-state index contributed by atoms with van der Waals surface area (Å²) in [5, 5.41) is 5.93. The summed E-state index contributed by atoms with van der Waals surface area (Å²) in [4.78, 5) is 36.6. The predicted molar refractivity (Wildman–Crippen MR) is 151 cm³/mol. The normalized spacial score (nSPS) is 12.7. The molecule has 0 unspecified atom stereocenters. The summed E-state index contributed by atoms with van der Waals surface area (Å²) in [5.74, 6) is -0.215. The molecular weight excluding hydrogens is 519 g/mol. The fourth-order valence-corrected chi connectivity index (χ4v) is 3.97. The van der Waals surface area contributed by atoms with Gasteiger partial charge in [-0.15, -0.1) is 0 Å². The maximum atomic E-state index is 13.2. The molecule has 2 aromatic carbocycles. The molecule has 214 valence electrons. The van der Waals surface area contributed by atoms with Crippen LogP contribution in [0.25, 0.3) is 0 Å². The molecule has 40 heavy (non-hydrogen) atoms. The number of nitrogens with one attached hydrogen (secondary N) is 2. The van der Waals surface area contributed by atoms with Crippen molar-refractivity contribution in [3.8, 4) is 0 Å². The molecule has 1 fully saturated rings. The molecule has 0 bridgehead atoms. The van der Waals surface area contributed by atoms with Crippen molar-refractivity contribution in [3.63, 3.8) is 0 Å². The van der Waals surface area contributed by atoms with Crippen molar-refractivity contribution < 1.29 is 22.8 Å². The summed E-state index contributed by atoms with van der Waals surface area (Å²) >= 11 is 0. The van der Waals surface area contributed by atoms with Crippen LogP contribution >= 0.6 is 0 Å². The predicted octanol–water partition coefficient (Wildman–Crippen LogP) is 7.30. The number of anilines is 3. The largest absolute Gasteiger partial charge is 0.416 e. The minimum absolute atomic E-state index is 0.100. The summed E-state index contributed by atoms with van der Waals surface area (Å²) in [6.07, 6.45) is 0.337. The molecule has 3 aromatic rings. The van der Waals surface area contributed by atoms with Crippen molar-refractivity contribution in [1.29, 1.82) is 0 Å². The number of rotatable bonds is 9. The van der Waals surface area contributed by atoms with Gasteiger partial charge < -0.3 is 15.5 Å². The van der Waals surface area contributed by atoms with Crippen molar-refractivity contribution in [2.75, 3.05) is 15.5 Å². The van der Waals surface area contributed by atoms with Gasteiger partial charge >= 0.3 is 6.18 Å². The van der Waals surface area contributed by atoms with Crippen LogP contribution in [-0.4, -0.2) is 27.8 Å². The van der Waals surface area contributed by atoms with Crippen LogP contribution in [0.5, 0.6) is 0 Å². The fraction of sp³-hybridized carbons (Fsp3) is 0.400. The maximum Gasteiger partial charge on any atom is 0.416 e. The van der Waals surface area contributed by atoms with Gasteiger partial charge in [0.15, 0.2) is 0 Å². The van der Waals surface area contributed by atoms with Gasteiger partial charge in [-0.05, 0) is 69.0 Å². The lowest BCUT2D eigenvalue weighted by Gasteiger charge is -2.26. The molecule has 1 heterocycles. The molecule has 0 saturated heterocycles. The number of aromatic nitrogens is 2. The molecule has 0 radical (unpaired) electrons. The Morgan fingerprint density at radius 3 is 2.42 bits per heavy atom. The van der Waals surface area contributed by atoms with Crippen molar-refractivity contribution in [2.45, 2.75) is 79.1 Å². The van der Waals surface area contributed by atoms with E-state index in [1.54, 1.807) is 29.3 Å². The number of hydrogen-bond acceptors (Lipinski definition) is 5. The molecular formula is C30H36F3N5O2. The Bertz CT molecular complexity index is 1340. The first-order valence-corrected chi connectivity index (χ1v) is 13.5. The Morgan fingerprint density at radius 1 is 1.07 bits per heavy atom. The topological polar surface area (TPSA) is 87.2 Å². The number of alkyl halides is 3. The number of carbonyl (C=O) groups excluding carboxylic acids is 2. The van der Waals surface area contributed by atoms with E-state index in [1.165, 1.54) is 12.1 Å². The van der Waals surface area contributed by atoms with E-state index in [9.17, 15) is 22.8 Å². The molecule has 0 spiro atoms. The summed E-state index contributed by atoms with van der Waals surface area (Å²) in [5.41, 5.74) is 2.27. The molecule has 1 aliphatic carbocycles. The molecule has 0 atom stereocenters. The Labute approximate surface area is 233 Å². The maximum absolute atomic E-state index is 13.2. The fourth-order valence-electron chi connectivity index (χ4n) is 3.97. The highest BCUT2D eigenvalue weighted by Gasteiger charge is 2.31. The standard InChI is InChI=1S/C28H30F3N5O2.C2H6/c1-4-6-25(37)36(16-20-15-32-27(33-18(20)3)35-22-11-12-22)24-14-23(10-9-17(24)2)34-26(38)19-7-5-8-21(13-19)28(29,30)31;1-2/h5,7-10,13-15,22H,4,6,11-12,16H2,1-3H3,(H,34,38)(H,32,33,35);1-2H3. The van der Waals surface area contributed by atoms with Crippen LogP contribution in [-0.2, 0) is 17.5 Å². The van der Waals surface area contributed by atoms with Gasteiger partial charge in [0.1, 0.15) is 0 Å². The van der Waals surface area contributed by atoms with Gasteiger partial charge in [0, 0.05) is 46.9 Å². The Hall–Kier alpha value is -3.95. The summed E-state index contributed by atoms with van der Waals surface area (Å²) < 4.78 is 39.3. The van der Waals surface area contributed by atoms with Crippen LogP contribution in [0.1, 0.15) is 79.2 Å². The summed E-state index contributed by atoms with van der Waals surface area (Å²) in [6.45, 7) is 9.88. The molecule has 2 N–H and O–H groups in total. The van der Waals surface area contributed by atoms with E-state index in [2.05, 4.69) is 20.6 Å². The lowest BCUT2D eigenvalue weighted by atomic mass is 10.1. The average Bonchev–Trinajstić information content (AvgIpc) is 3.74. The quantitative estimate of drug-likeness (QED) is 0.289. The van der Waals surface area contributed by atoms with E-state index in [0.717, 1.165) is 41.8 Å². The molecule has 1 saturated carbocycles. The molecule has 7 nitrogen and oxygen atoms in total. The zero-order valence-electron chi connectivity index (χ0n) is 23.5. The molecule has 4 rings (SSSR count). The van der Waals surface area contributed by atoms with Crippen LogP contribution in [0.2, 0.25) is 0 Å². The van der Waals surface area contributed by atoms with Crippen molar-refractivity contribution in [1.82, 2.24) is 9.97 Å². The zero-order valence-corrected chi connectivity index (χ0v) is 23.5. The van der Waals surface area contributed by atoms with Gasteiger partial charge in [0.05, 0.1) is 12.1 Å². The lowest BCUT2D eigenvalue weighted by Crippen LogP contribution is -2.31. The number of aryl methyl sites for hydroxylation is 2. The lowest BCUT2D eigenvalue weighted by molar-refractivity contribution is -0.137. The second-order valence-corrected chi connectivity index (χ2v) is 9.49. The number of amides is 2. The molecule has 1 aromatic heterocycles. The summed E-state index contributed by atoms with van der Waals surface area (Å²) in [7, 11) is 0. The third kappa shape index (κ3) is 8.03. The number of hydrogen-bond donors (Lipinski definition) is 2. The Balaban J connectivity index is 0.00000216. The third-order valence-corrected chi connectivity index (χ3v) is 6.29. The van der Waals surface area contributed by atoms with Crippen LogP contribution < -0.4 is 15.5 Å². The third-order valence-electron chi connectivity index (χ3n) is 6.29. The van der Waals surface area contributed by atoms with Crippen LogP contribution in [0.4, 0.5) is 30.5 Å². The molecule has 10 heteroatoms. The van der Waals surface area contributed by atoms with E-state index in [-0.39, 0.29) is 18.0 Å². The number of benzene rings is 2. The highest BCUT2D eigenvalue weighted by Crippen LogP contribution is 2.31. The first-order chi connectivity index (χ1) is 19.0. The SMILES string of the molecule is CC.CCCC(=O)N(Cc1cnc(NC2CC2)nc1C)c1cc(NC(=O)c2cccc(C(F)(F)F)c2)ccc1C. The highest BCUT2D eigenvalue weighted by molar-refractivity contribution is 6.05. The number of nitrogens with zero attached hydrogens (tertiary/aromatic N) is 3. The van der Waals surface area contributed by atoms with Crippen LogP contribution in [0.15, 0.2) is 48.7 Å². The highest BCUT2D eigenvalue weighted by atomic mass is 19.4. The second-order valence-electron chi connectivity index (χ2n) is 9.49. The average molecular weight is 556 g/mol. The van der Waals surface area contributed by atoms with Crippen molar-refractivity contribution in [2.24, 2.45) is 0 Å². The minimum Gasteiger partial charge on any atom is -0.351 e. The van der Waals surface area contributed by atoms with E-state index < -0.39 is 17.6 Å². The monoisotopic (exact) mass is 555 g/mol. The number of carbonyl (C=O) groups is 2. The van der Waals surface area contributed by atoms with Crippen LogP contribution in [0.3, 0.4) is 0 Å². The number of halogens is 3. The van der Waals surface area contributed by atoms with Crippen molar-refractivity contribution in [3.05, 3.63) is 76.6 Å². The van der Waals surface area contributed by atoms with Gasteiger partial charge in [-0.25, -0.2) is 9.97 Å². The second kappa shape index (κ2) is 13.4. The van der Waals surface area contributed by atoms with E-state index >= 15 is 0 Å². The summed E-state index contributed by atoms with van der Waals surface area (Å²) in [6, 6.07) is 9.73. The smallest absolute Gasteiger partial charge is 0.351 e. The minimum atomic E-state index is -4.55. The molecule has 0 aliphatic heterocycles. The van der Waals surface area contributed by atoms with Crippen LogP contribution in [0, 0.1) is 13.8 Å². The Morgan fingerprint density at radius 2 is 1.80 bits per heavy atom. The van der Waals surface area contributed by atoms with E-state index in [1.807, 2.05) is 34.6 Å². The zero-order chi connectivity index (χ0) is 29.4. The van der Waals surface area contributed by atoms with E-state index in [0.29, 0.717) is 36.2 Å². The van der Waals surface area contributed by atoms with Crippen molar-refractivity contribution >= 4 is 29.1 Å². The van der Waals surface area contributed by atoms with Gasteiger partial charge in [-0.1, -0.05) is 32.9 Å². The van der Waals surface area contributed by atoms with Gasteiger partial charge in [-0.2, -0.15) is 13.2 Å². The van der Waals surface area contributed by atoms with Gasteiger partial charge in [0.2, 0.25) is 11.9 Å². The first-order valence-electron chi connectivity index (χ1n) is 13.5. The van der Waals surface area contributed by atoms with Gasteiger partial charge in [0.25, 0.3) is 5.91 Å². The molecule has 1 aliphatic rings. The Kier molecular flexibility index (Phi) is 10.3. The van der Waals surface area contributed by atoms with Gasteiger partial charge in [-0.3, -0.25) is 9.59 Å².